The van der Waals surface area contributed by atoms with Crippen molar-refractivity contribution < 1.29 is 13.9 Å². The summed E-state index contributed by atoms with van der Waals surface area (Å²) in [4.78, 5) is 22.2. The molecule has 156 valence electrons. The Balaban J connectivity index is 1.81. The Morgan fingerprint density at radius 3 is 2.65 bits per heavy atom. The Morgan fingerprint density at radius 1 is 1.16 bits per heavy atom. The molecule has 1 aromatic carbocycles. The van der Waals surface area contributed by atoms with Crippen molar-refractivity contribution in [2.24, 2.45) is 0 Å². The minimum Gasteiger partial charge on any atom is -0.467 e. The first-order valence-electron chi connectivity index (χ1n) is 9.68. The van der Waals surface area contributed by atoms with Gasteiger partial charge in [-0.1, -0.05) is 37.3 Å². The number of esters is 1. The third-order valence-electron chi connectivity index (χ3n) is 5.42. The van der Waals surface area contributed by atoms with Gasteiger partial charge in [0, 0.05) is 0 Å². The molecule has 0 radical (unpaired) electrons. The molecule has 31 heavy (non-hydrogen) atoms. The molecular weight excluding hydrogens is 398 g/mol. The number of methoxy groups -OCH3 is 1. The van der Waals surface area contributed by atoms with Gasteiger partial charge in [-0.25, -0.2) is 14.5 Å². The zero-order valence-electron chi connectivity index (χ0n) is 16.9. The SMILES string of the molecule is CCC(C(=O)OC)(c1ccccc1)n1ncc2c1nc(N)n1nc(-c3ccco3)nc21. The monoisotopic (exact) mass is 417 g/mol. The van der Waals surface area contributed by atoms with Crippen LogP contribution in [0.25, 0.3) is 28.3 Å². The molecule has 0 amide bonds. The minimum atomic E-state index is -1.22. The maximum absolute atomic E-state index is 13.1. The van der Waals surface area contributed by atoms with Gasteiger partial charge in [0.25, 0.3) is 0 Å². The summed E-state index contributed by atoms with van der Waals surface area (Å²) < 4.78 is 13.6. The average Bonchev–Trinajstić information content (AvgIpc) is 3.55. The van der Waals surface area contributed by atoms with Crippen LogP contribution in [0.5, 0.6) is 0 Å². The topological polar surface area (TPSA) is 126 Å². The Kier molecular flexibility index (Phi) is 4.21. The highest BCUT2D eigenvalue weighted by Crippen LogP contribution is 2.35. The fraction of sp³-hybridized carbons (Fsp3) is 0.190. The minimum absolute atomic E-state index is 0.109. The summed E-state index contributed by atoms with van der Waals surface area (Å²) in [6.45, 7) is 1.89. The van der Waals surface area contributed by atoms with Gasteiger partial charge in [0.2, 0.25) is 11.8 Å². The second kappa shape index (κ2) is 6.94. The van der Waals surface area contributed by atoms with Crippen LogP contribution in [-0.2, 0) is 15.1 Å². The summed E-state index contributed by atoms with van der Waals surface area (Å²) in [6, 6.07) is 12.8. The number of carbonyl (C=O) groups is 1. The lowest BCUT2D eigenvalue weighted by molar-refractivity contribution is -0.149. The maximum Gasteiger partial charge on any atom is 0.338 e. The summed E-state index contributed by atoms with van der Waals surface area (Å²) in [6.07, 6.45) is 3.54. The van der Waals surface area contributed by atoms with Crippen molar-refractivity contribution in [3.63, 3.8) is 0 Å². The Morgan fingerprint density at radius 2 is 1.97 bits per heavy atom. The number of nitrogens with zero attached hydrogens (tertiary/aromatic N) is 6. The van der Waals surface area contributed by atoms with E-state index in [2.05, 4.69) is 20.2 Å². The van der Waals surface area contributed by atoms with Gasteiger partial charge in [-0.2, -0.15) is 14.6 Å². The molecule has 0 fully saturated rings. The van der Waals surface area contributed by atoms with E-state index in [1.165, 1.54) is 11.6 Å². The van der Waals surface area contributed by atoms with Crippen LogP contribution >= 0.6 is 0 Å². The number of fused-ring (bicyclic) bond motifs is 3. The van der Waals surface area contributed by atoms with Crippen molar-refractivity contribution >= 4 is 28.6 Å². The van der Waals surface area contributed by atoms with Crippen LogP contribution < -0.4 is 5.73 Å². The van der Waals surface area contributed by atoms with E-state index >= 15 is 0 Å². The van der Waals surface area contributed by atoms with Crippen molar-refractivity contribution in [3.05, 3.63) is 60.5 Å². The molecule has 0 saturated carbocycles. The van der Waals surface area contributed by atoms with Crippen LogP contribution in [0.15, 0.2) is 59.3 Å². The van der Waals surface area contributed by atoms with Gasteiger partial charge in [-0.05, 0) is 24.1 Å². The zero-order chi connectivity index (χ0) is 21.6. The number of hydrogen-bond acceptors (Lipinski definition) is 8. The van der Waals surface area contributed by atoms with Crippen molar-refractivity contribution in [3.8, 4) is 11.6 Å². The predicted molar refractivity (Wildman–Crippen MR) is 112 cm³/mol. The Hall–Kier alpha value is -4.21. The lowest BCUT2D eigenvalue weighted by atomic mass is 9.87. The van der Waals surface area contributed by atoms with E-state index in [4.69, 9.17) is 14.9 Å². The molecule has 0 aliphatic heterocycles. The van der Waals surface area contributed by atoms with E-state index in [0.29, 0.717) is 34.7 Å². The van der Waals surface area contributed by atoms with E-state index in [1.807, 2.05) is 37.3 Å². The highest BCUT2D eigenvalue weighted by atomic mass is 16.5. The molecule has 4 aromatic heterocycles. The van der Waals surface area contributed by atoms with E-state index in [0.717, 1.165) is 5.56 Å². The summed E-state index contributed by atoms with van der Waals surface area (Å²) >= 11 is 0. The number of rotatable bonds is 5. The van der Waals surface area contributed by atoms with E-state index in [9.17, 15) is 4.79 Å². The largest absolute Gasteiger partial charge is 0.467 e. The van der Waals surface area contributed by atoms with E-state index < -0.39 is 11.5 Å². The Labute approximate surface area is 176 Å². The van der Waals surface area contributed by atoms with Crippen molar-refractivity contribution in [2.45, 2.75) is 18.9 Å². The van der Waals surface area contributed by atoms with Gasteiger partial charge in [-0.3, -0.25) is 0 Å². The molecule has 0 saturated heterocycles. The second-order valence-corrected chi connectivity index (χ2v) is 6.98. The van der Waals surface area contributed by atoms with Crippen LogP contribution in [0.3, 0.4) is 0 Å². The molecule has 5 aromatic rings. The molecule has 10 nitrogen and oxygen atoms in total. The van der Waals surface area contributed by atoms with Gasteiger partial charge in [0.05, 0.1) is 25.0 Å². The molecule has 1 atom stereocenters. The highest BCUT2D eigenvalue weighted by Gasteiger charge is 2.44. The van der Waals surface area contributed by atoms with Gasteiger partial charge in [-0.15, -0.1) is 5.10 Å². The third-order valence-corrected chi connectivity index (χ3v) is 5.42. The number of aromatic nitrogens is 6. The predicted octanol–water partition coefficient (Wildman–Crippen LogP) is 2.64. The van der Waals surface area contributed by atoms with Crippen molar-refractivity contribution in [1.29, 1.82) is 0 Å². The molecule has 2 N–H and O–H groups in total. The molecule has 0 bridgehead atoms. The fourth-order valence-electron chi connectivity index (χ4n) is 3.91. The summed E-state index contributed by atoms with van der Waals surface area (Å²) in [7, 11) is 1.36. The third kappa shape index (κ3) is 2.61. The van der Waals surface area contributed by atoms with Crippen molar-refractivity contribution in [1.82, 2.24) is 29.4 Å². The van der Waals surface area contributed by atoms with E-state index in [-0.39, 0.29) is 5.95 Å². The summed E-state index contributed by atoms with van der Waals surface area (Å²) in [5.74, 6) is 0.531. The number of ether oxygens (including phenoxy) is 1. The standard InChI is InChI=1S/C21H19N7O3/c1-3-21(19(29)30-2,13-8-5-4-6-9-13)28-18-14(12-23-28)17-24-16(15-10-7-11-31-15)26-27(17)20(22)25-18/h4-12H,3H2,1-2H3,(H2,22,25). The first-order valence-corrected chi connectivity index (χ1v) is 9.68. The van der Waals surface area contributed by atoms with Gasteiger partial charge < -0.3 is 14.9 Å². The second-order valence-electron chi connectivity index (χ2n) is 6.98. The molecule has 0 aliphatic carbocycles. The molecule has 0 aliphatic rings. The van der Waals surface area contributed by atoms with Crippen molar-refractivity contribution in [2.75, 3.05) is 12.8 Å². The molecule has 0 spiro atoms. The number of anilines is 1. The number of nitrogens with two attached hydrogens (primary N) is 1. The lowest BCUT2D eigenvalue weighted by Crippen LogP contribution is -2.44. The average molecular weight is 417 g/mol. The normalized spacial score (nSPS) is 13.5. The first kappa shape index (κ1) is 18.8. The van der Waals surface area contributed by atoms with Crippen LogP contribution in [0, 0.1) is 0 Å². The lowest BCUT2D eigenvalue weighted by Gasteiger charge is -2.31. The smallest absolute Gasteiger partial charge is 0.338 e. The van der Waals surface area contributed by atoms with Crippen LogP contribution in [0.2, 0.25) is 0 Å². The number of furan rings is 1. The number of carbonyl (C=O) groups excluding carboxylic acids is 1. The van der Waals surface area contributed by atoms with Gasteiger partial charge >= 0.3 is 5.97 Å². The number of hydrogen-bond donors (Lipinski definition) is 1. The highest BCUT2D eigenvalue weighted by molar-refractivity contribution is 5.93. The summed E-state index contributed by atoms with van der Waals surface area (Å²) in [5.41, 5.74) is 6.58. The van der Waals surface area contributed by atoms with Gasteiger partial charge in [0.1, 0.15) is 0 Å². The fourth-order valence-corrected chi connectivity index (χ4v) is 3.91. The molecule has 5 rings (SSSR count). The molecule has 1 unspecified atom stereocenters. The number of benzene rings is 1. The maximum atomic E-state index is 13.1. The summed E-state index contributed by atoms with van der Waals surface area (Å²) in [5, 5.41) is 9.54. The van der Waals surface area contributed by atoms with Crippen LogP contribution in [0.4, 0.5) is 5.95 Å². The van der Waals surface area contributed by atoms with Crippen LogP contribution in [0.1, 0.15) is 18.9 Å². The first-order chi connectivity index (χ1) is 15.1. The van der Waals surface area contributed by atoms with Crippen LogP contribution in [-0.4, -0.2) is 42.4 Å². The molecule has 4 heterocycles. The zero-order valence-corrected chi connectivity index (χ0v) is 16.9. The Bertz CT molecular complexity index is 1390. The number of nitrogen functional groups attached to an aromatic ring is 1. The van der Waals surface area contributed by atoms with E-state index in [1.54, 1.807) is 29.3 Å². The molecular formula is C21H19N7O3. The van der Waals surface area contributed by atoms with Gasteiger partial charge in [0.15, 0.2) is 22.6 Å². The molecule has 10 heteroatoms. The quantitative estimate of drug-likeness (QED) is 0.433.